The van der Waals surface area contributed by atoms with Gasteiger partial charge in [-0.15, -0.1) is 0 Å². The van der Waals surface area contributed by atoms with Crippen molar-refractivity contribution in [1.82, 2.24) is 0 Å². The van der Waals surface area contributed by atoms with Crippen LogP contribution >= 0.6 is 0 Å². The molecule has 1 aromatic rings. The molecule has 1 aliphatic carbocycles. The lowest BCUT2D eigenvalue weighted by Gasteiger charge is -2.23. The van der Waals surface area contributed by atoms with E-state index < -0.39 is 0 Å². The van der Waals surface area contributed by atoms with Gasteiger partial charge in [-0.1, -0.05) is 19.1 Å². The van der Waals surface area contributed by atoms with Gasteiger partial charge in [0.05, 0.1) is 11.4 Å². The van der Waals surface area contributed by atoms with Gasteiger partial charge in [-0.25, -0.2) is 0 Å². The Labute approximate surface area is 115 Å². The number of para-hydroxylation sites is 2. The molecule has 2 fully saturated rings. The molecule has 2 unspecified atom stereocenters. The van der Waals surface area contributed by atoms with E-state index in [4.69, 9.17) is 0 Å². The number of anilines is 2. The van der Waals surface area contributed by atoms with Crippen LogP contribution in [0.4, 0.5) is 11.4 Å². The first kappa shape index (κ1) is 12.5. The lowest BCUT2D eigenvalue weighted by molar-refractivity contribution is -0.117. The van der Waals surface area contributed by atoms with Crippen molar-refractivity contribution in [3.63, 3.8) is 0 Å². The van der Waals surface area contributed by atoms with Crippen molar-refractivity contribution >= 4 is 17.3 Å². The molecular formula is C16H22N2O. The van der Waals surface area contributed by atoms with E-state index in [0.717, 1.165) is 30.3 Å². The van der Waals surface area contributed by atoms with Gasteiger partial charge in [0.1, 0.15) is 0 Å². The van der Waals surface area contributed by atoms with Crippen molar-refractivity contribution in [2.75, 3.05) is 16.8 Å². The molecule has 0 spiro atoms. The van der Waals surface area contributed by atoms with E-state index in [0.29, 0.717) is 12.5 Å². The average molecular weight is 258 g/mol. The summed E-state index contributed by atoms with van der Waals surface area (Å²) >= 11 is 0. The molecule has 2 atom stereocenters. The van der Waals surface area contributed by atoms with E-state index in [-0.39, 0.29) is 5.91 Å². The van der Waals surface area contributed by atoms with Gasteiger partial charge >= 0.3 is 0 Å². The van der Waals surface area contributed by atoms with Crippen LogP contribution in [0.1, 0.15) is 39.0 Å². The van der Waals surface area contributed by atoms with E-state index in [1.54, 1.807) is 0 Å². The van der Waals surface area contributed by atoms with Gasteiger partial charge < -0.3 is 10.2 Å². The Morgan fingerprint density at radius 1 is 1.26 bits per heavy atom. The molecule has 1 N–H and O–H groups in total. The van der Waals surface area contributed by atoms with Gasteiger partial charge in [-0.05, 0) is 43.7 Å². The minimum Gasteiger partial charge on any atom is -0.381 e. The molecule has 3 heteroatoms. The van der Waals surface area contributed by atoms with Gasteiger partial charge in [-0.2, -0.15) is 0 Å². The summed E-state index contributed by atoms with van der Waals surface area (Å²) < 4.78 is 0. The minimum absolute atomic E-state index is 0.258. The summed E-state index contributed by atoms with van der Waals surface area (Å²) in [7, 11) is 0. The molecule has 19 heavy (non-hydrogen) atoms. The topological polar surface area (TPSA) is 32.3 Å². The Balaban J connectivity index is 1.79. The van der Waals surface area contributed by atoms with Crippen LogP contribution in [0.2, 0.25) is 0 Å². The monoisotopic (exact) mass is 258 g/mol. The number of carbonyl (C=O) groups is 1. The van der Waals surface area contributed by atoms with Crippen molar-refractivity contribution in [1.29, 1.82) is 0 Å². The van der Waals surface area contributed by atoms with Gasteiger partial charge in [0.2, 0.25) is 5.91 Å². The quantitative estimate of drug-likeness (QED) is 0.901. The van der Waals surface area contributed by atoms with E-state index in [1.807, 2.05) is 17.0 Å². The fraction of sp³-hybridized carbons (Fsp3) is 0.562. The van der Waals surface area contributed by atoms with Crippen LogP contribution in [0, 0.1) is 5.92 Å². The molecule has 2 aliphatic rings. The lowest BCUT2D eigenvalue weighted by Crippen LogP contribution is -2.26. The lowest BCUT2D eigenvalue weighted by atomic mass is 10.1. The van der Waals surface area contributed by atoms with E-state index in [1.165, 1.54) is 19.3 Å². The van der Waals surface area contributed by atoms with Gasteiger partial charge in [0, 0.05) is 19.0 Å². The average Bonchev–Trinajstić information content (AvgIpc) is 2.99. The summed E-state index contributed by atoms with van der Waals surface area (Å²) in [6.07, 6.45) is 5.45. The van der Waals surface area contributed by atoms with Crippen molar-refractivity contribution in [2.24, 2.45) is 5.92 Å². The molecule has 1 aliphatic heterocycles. The Morgan fingerprint density at radius 3 is 2.79 bits per heavy atom. The molecule has 0 bridgehead atoms. The number of hydrogen-bond acceptors (Lipinski definition) is 2. The Hall–Kier alpha value is -1.51. The normalized spacial score (nSPS) is 27.0. The number of amides is 1. The molecule has 1 heterocycles. The molecule has 1 aromatic carbocycles. The predicted molar refractivity (Wildman–Crippen MR) is 78.5 cm³/mol. The zero-order valence-electron chi connectivity index (χ0n) is 11.6. The van der Waals surface area contributed by atoms with Crippen molar-refractivity contribution in [3.05, 3.63) is 24.3 Å². The second-order valence-electron chi connectivity index (χ2n) is 5.93. The van der Waals surface area contributed by atoms with Gasteiger partial charge in [0.25, 0.3) is 0 Å². The highest BCUT2D eigenvalue weighted by Crippen LogP contribution is 2.33. The molecule has 102 valence electrons. The number of carbonyl (C=O) groups excluding carboxylic acids is 1. The fourth-order valence-corrected chi connectivity index (χ4v) is 3.29. The molecule has 3 rings (SSSR count). The summed E-state index contributed by atoms with van der Waals surface area (Å²) in [5, 5.41) is 3.64. The molecule has 1 amide bonds. The second-order valence-corrected chi connectivity index (χ2v) is 5.93. The Morgan fingerprint density at radius 2 is 2.11 bits per heavy atom. The SMILES string of the molecule is CC1CCC(Nc2ccccc2N2CCCC2=O)C1. The second kappa shape index (κ2) is 5.24. The third-order valence-electron chi connectivity index (χ3n) is 4.32. The predicted octanol–water partition coefficient (Wildman–Crippen LogP) is 3.41. The van der Waals surface area contributed by atoms with Crippen LogP contribution in [-0.4, -0.2) is 18.5 Å². The van der Waals surface area contributed by atoms with E-state index >= 15 is 0 Å². The number of hydrogen-bond donors (Lipinski definition) is 1. The largest absolute Gasteiger partial charge is 0.381 e. The van der Waals surface area contributed by atoms with Crippen LogP contribution in [0.3, 0.4) is 0 Å². The molecule has 1 saturated heterocycles. The van der Waals surface area contributed by atoms with E-state index in [2.05, 4.69) is 24.4 Å². The van der Waals surface area contributed by atoms with Crippen LogP contribution in [-0.2, 0) is 4.79 Å². The highest BCUT2D eigenvalue weighted by atomic mass is 16.2. The standard InChI is InChI=1S/C16H22N2O/c1-12-8-9-13(11-12)17-14-5-2-3-6-15(14)18-10-4-7-16(18)19/h2-3,5-6,12-13,17H,4,7-11H2,1H3. The van der Waals surface area contributed by atoms with Crippen LogP contribution in [0.5, 0.6) is 0 Å². The Kier molecular flexibility index (Phi) is 3.45. The third-order valence-corrected chi connectivity index (χ3v) is 4.32. The summed E-state index contributed by atoms with van der Waals surface area (Å²) in [6, 6.07) is 8.79. The number of benzene rings is 1. The van der Waals surface area contributed by atoms with Gasteiger partial charge in [-0.3, -0.25) is 4.79 Å². The highest BCUT2D eigenvalue weighted by Gasteiger charge is 2.26. The molecule has 3 nitrogen and oxygen atoms in total. The minimum atomic E-state index is 0.258. The fourth-order valence-electron chi connectivity index (χ4n) is 3.29. The molecule has 0 aromatic heterocycles. The summed E-state index contributed by atoms with van der Waals surface area (Å²) in [5.74, 6) is 1.08. The zero-order chi connectivity index (χ0) is 13.2. The first-order valence-corrected chi connectivity index (χ1v) is 7.40. The van der Waals surface area contributed by atoms with Gasteiger partial charge in [0.15, 0.2) is 0 Å². The first-order valence-electron chi connectivity index (χ1n) is 7.40. The highest BCUT2D eigenvalue weighted by molar-refractivity contribution is 5.98. The number of nitrogens with one attached hydrogen (secondary N) is 1. The van der Waals surface area contributed by atoms with Crippen LogP contribution < -0.4 is 10.2 Å². The first-order chi connectivity index (χ1) is 9.24. The molecule has 0 radical (unpaired) electrons. The smallest absolute Gasteiger partial charge is 0.227 e. The number of rotatable bonds is 3. The maximum absolute atomic E-state index is 11.9. The third kappa shape index (κ3) is 2.60. The summed E-state index contributed by atoms with van der Waals surface area (Å²) in [4.78, 5) is 13.8. The number of nitrogens with zero attached hydrogens (tertiary/aromatic N) is 1. The van der Waals surface area contributed by atoms with E-state index in [9.17, 15) is 4.79 Å². The van der Waals surface area contributed by atoms with Crippen LogP contribution in [0.15, 0.2) is 24.3 Å². The van der Waals surface area contributed by atoms with Crippen molar-refractivity contribution in [3.8, 4) is 0 Å². The maximum atomic E-state index is 11.9. The maximum Gasteiger partial charge on any atom is 0.227 e. The van der Waals surface area contributed by atoms with Crippen molar-refractivity contribution in [2.45, 2.75) is 45.1 Å². The zero-order valence-corrected chi connectivity index (χ0v) is 11.6. The molecular weight excluding hydrogens is 236 g/mol. The van der Waals surface area contributed by atoms with Crippen LogP contribution in [0.25, 0.3) is 0 Å². The summed E-state index contributed by atoms with van der Waals surface area (Å²) in [6.45, 7) is 3.18. The summed E-state index contributed by atoms with van der Waals surface area (Å²) in [5.41, 5.74) is 2.18. The molecule has 1 saturated carbocycles. The van der Waals surface area contributed by atoms with Crippen molar-refractivity contribution < 1.29 is 4.79 Å². The Bertz CT molecular complexity index is 472.